The van der Waals surface area contributed by atoms with E-state index in [0.29, 0.717) is 6.42 Å². The maximum absolute atomic E-state index is 11.0. The average Bonchev–Trinajstić information content (AvgIpc) is 2.96. The third kappa shape index (κ3) is 47.7. The molecule has 0 aromatic rings. The van der Waals surface area contributed by atoms with Crippen molar-refractivity contribution < 1.29 is 85.1 Å². The number of hydrogen-bond donors (Lipinski definition) is 0. The summed E-state index contributed by atoms with van der Waals surface area (Å²) in [6.07, 6.45) is 39.5. The molecule has 0 amide bonds. The van der Waals surface area contributed by atoms with E-state index in [1.165, 1.54) is 154 Å². The molecule has 6 nitrogen and oxygen atoms in total. The summed E-state index contributed by atoms with van der Waals surface area (Å²) in [5.74, 6) is -1.11. The van der Waals surface area contributed by atoms with Crippen molar-refractivity contribution in [3.05, 3.63) is 12.7 Å². The largest absolute Gasteiger partial charge is 1.00 e. The molecule has 0 heterocycles. The van der Waals surface area contributed by atoms with Crippen LogP contribution in [0.4, 0.5) is 0 Å². The molecule has 266 valence electrons. The van der Waals surface area contributed by atoms with Gasteiger partial charge < -0.3 is 9.11 Å². The van der Waals surface area contributed by atoms with E-state index in [1.807, 2.05) is 6.08 Å². The second-order valence-corrected chi connectivity index (χ2v) is 16.0. The zero-order valence-electron chi connectivity index (χ0n) is 31.0. The zero-order chi connectivity index (χ0) is 33.2. The summed E-state index contributed by atoms with van der Waals surface area (Å²) < 4.78 is 65.1. The Morgan fingerprint density at radius 1 is 0.478 bits per heavy atom. The smallest absolute Gasteiger partial charge is 0.748 e. The third-order valence-corrected chi connectivity index (χ3v) is 10.7. The van der Waals surface area contributed by atoms with E-state index >= 15 is 0 Å². The van der Waals surface area contributed by atoms with Crippen LogP contribution in [0.15, 0.2) is 12.7 Å². The normalized spacial score (nSPS) is 12.0. The molecule has 0 aliphatic heterocycles. The van der Waals surface area contributed by atoms with Gasteiger partial charge in [-0.15, -0.1) is 6.58 Å². The van der Waals surface area contributed by atoms with E-state index in [1.54, 1.807) is 0 Å². The van der Waals surface area contributed by atoms with Crippen LogP contribution >= 0.6 is 0 Å². The van der Waals surface area contributed by atoms with Crippen molar-refractivity contribution in [3.8, 4) is 0 Å². The van der Waals surface area contributed by atoms with Crippen molar-refractivity contribution in [2.45, 2.75) is 212 Å². The Balaban J connectivity index is -0.000000390. The summed E-state index contributed by atoms with van der Waals surface area (Å²) in [5, 5.41) is -1.61. The van der Waals surface area contributed by atoms with Gasteiger partial charge in [-0.05, 0) is 19.3 Å². The van der Waals surface area contributed by atoms with Gasteiger partial charge in [-0.25, -0.2) is 16.8 Å². The molecule has 0 aromatic carbocycles. The number of rotatable bonds is 33. The number of allylic oxidation sites excluding steroid dienone is 1. The molecular weight excluding hydrogens is 639 g/mol. The van der Waals surface area contributed by atoms with Crippen LogP contribution in [0.5, 0.6) is 0 Å². The van der Waals surface area contributed by atoms with E-state index in [0.717, 1.165) is 25.7 Å². The van der Waals surface area contributed by atoms with Crippen LogP contribution in [0.25, 0.3) is 0 Å². The van der Waals surface area contributed by atoms with Gasteiger partial charge in [0.2, 0.25) is 0 Å². The van der Waals surface area contributed by atoms with Crippen LogP contribution in [-0.4, -0.2) is 36.9 Å². The summed E-state index contributed by atoms with van der Waals surface area (Å²) in [6.45, 7) is 8.27. The maximum Gasteiger partial charge on any atom is 1.00 e. The summed E-state index contributed by atoms with van der Waals surface area (Å²) in [6, 6.07) is 0. The Labute approximate surface area is 332 Å². The first-order valence-corrected chi connectivity index (χ1v) is 21.6. The molecule has 0 saturated heterocycles. The topological polar surface area (TPSA) is 114 Å². The van der Waals surface area contributed by atoms with Gasteiger partial charge >= 0.3 is 59.1 Å². The van der Waals surface area contributed by atoms with Gasteiger partial charge in [-0.3, -0.25) is 0 Å². The van der Waals surface area contributed by atoms with E-state index < -0.39 is 31.2 Å². The first-order valence-electron chi connectivity index (χ1n) is 18.6. The number of unbranched alkanes of at least 4 members (excludes halogenated alkanes) is 27. The Morgan fingerprint density at radius 2 is 0.739 bits per heavy atom. The zero-order valence-corrected chi connectivity index (χ0v) is 36.7. The molecule has 0 N–H and O–H groups in total. The van der Waals surface area contributed by atoms with Gasteiger partial charge in [0.15, 0.2) is 0 Å². The molecule has 0 radical (unpaired) electrons. The molecule has 0 aliphatic carbocycles. The molecule has 0 aromatic heterocycles. The summed E-state index contributed by atoms with van der Waals surface area (Å²) >= 11 is 0. The second-order valence-electron chi connectivity index (χ2n) is 12.9. The number of hydrogen-bond acceptors (Lipinski definition) is 6. The Kier molecular flexibility index (Phi) is 48.4. The van der Waals surface area contributed by atoms with E-state index in [-0.39, 0.29) is 65.5 Å². The average molecular weight is 711 g/mol. The van der Waals surface area contributed by atoms with Gasteiger partial charge in [-0.2, -0.15) is 0 Å². The molecule has 10 heteroatoms. The fraction of sp³-hybridized carbons (Fsp3) is 0.944. The predicted molar refractivity (Wildman–Crippen MR) is 188 cm³/mol. The first-order chi connectivity index (χ1) is 21.1. The van der Waals surface area contributed by atoms with Crippen LogP contribution < -0.4 is 59.1 Å². The Hall–Kier alpha value is 1.56. The van der Waals surface area contributed by atoms with Crippen LogP contribution in [0, 0.1) is 0 Å². The fourth-order valence-corrected chi connectivity index (χ4v) is 7.83. The van der Waals surface area contributed by atoms with Crippen molar-refractivity contribution in [1.29, 1.82) is 0 Å². The van der Waals surface area contributed by atoms with E-state index in [4.69, 9.17) is 0 Å². The monoisotopic (exact) mass is 710 g/mol. The minimum Gasteiger partial charge on any atom is -0.748 e. The predicted octanol–water partition coefficient (Wildman–Crippen LogP) is 5.37. The van der Waals surface area contributed by atoms with Gasteiger partial charge in [0.1, 0.15) is 0 Å². The van der Waals surface area contributed by atoms with Gasteiger partial charge in [0.25, 0.3) is 0 Å². The van der Waals surface area contributed by atoms with E-state index in [2.05, 4.69) is 20.4 Å². The van der Waals surface area contributed by atoms with Crippen molar-refractivity contribution in [1.82, 2.24) is 0 Å². The molecular formula is C36H72Na2O6S2. The van der Waals surface area contributed by atoms with E-state index in [9.17, 15) is 25.9 Å². The molecule has 0 saturated carbocycles. The summed E-state index contributed by atoms with van der Waals surface area (Å²) in [7, 11) is -9.45. The molecule has 0 fully saturated rings. The van der Waals surface area contributed by atoms with Crippen molar-refractivity contribution >= 4 is 20.2 Å². The van der Waals surface area contributed by atoms with Crippen LogP contribution in [0.2, 0.25) is 0 Å². The van der Waals surface area contributed by atoms with Crippen LogP contribution in [0.3, 0.4) is 0 Å². The summed E-state index contributed by atoms with van der Waals surface area (Å²) in [4.78, 5) is 0. The minimum atomic E-state index is -4.75. The van der Waals surface area contributed by atoms with Crippen LogP contribution in [-0.2, 0) is 20.2 Å². The molecule has 1 atom stereocenters. The molecule has 0 aliphatic rings. The summed E-state index contributed by atoms with van der Waals surface area (Å²) in [5.41, 5.74) is 0. The second kappa shape index (κ2) is 41.0. The SMILES string of the molecule is C=CCCCCCCCCCCCCCCCC.CCCCCCCCCCCCCCCCC(CS(=O)(=O)[O-])S(=O)(=O)[O-].[Na+].[Na+]. The van der Waals surface area contributed by atoms with Crippen molar-refractivity contribution in [3.63, 3.8) is 0 Å². The van der Waals surface area contributed by atoms with Crippen LogP contribution in [0.1, 0.15) is 206 Å². The first kappa shape index (κ1) is 54.3. The molecule has 46 heavy (non-hydrogen) atoms. The van der Waals surface area contributed by atoms with Crippen molar-refractivity contribution in [2.24, 2.45) is 0 Å². The minimum absolute atomic E-state index is 0. The molecule has 1 unspecified atom stereocenters. The van der Waals surface area contributed by atoms with Gasteiger partial charge in [-0.1, -0.05) is 193 Å². The van der Waals surface area contributed by atoms with Crippen molar-refractivity contribution in [2.75, 3.05) is 5.75 Å². The maximum atomic E-state index is 11.0. The Morgan fingerprint density at radius 3 is 0.978 bits per heavy atom. The Bertz CT molecular complexity index is 807. The molecule has 0 bridgehead atoms. The van der Waals surface area contributed by atoms with Gasteiger partial charge in [0, 0.05) is 0 Å². The molecule has 0 rings (SSSR count). The van der Waals surface area contributed by atoms with Gasteiger partial charge in [0.05, 0.1) is 31.2 Å². The fourth-order valence-electron chi connectivity index (χ4n) is 5.59. The standard InChI is InChI=1S/C18H38O6S2.C18H36.2Na/c1-2-3-4-5-6-7-8-9-10-11-12-13-14-15-16-18(26(22,23)24)17-25(19,20)21;1-3-5-7-9-11-13-15-17-18-16-14-12-10-8-6-4-2;;/h18H,2-17H2,1H3,(H,19,20,21)(H,22,23,24);3H,1,4-18H2,2H3;;/q;;2*+1/p-2. The third-order valence-electron chi connectivity index (χ3n) is 8.44. The molecule has 0 spiro atoms. The quantitative estimate of drug-likeness (QED) is 0.0392.